The van der Waals surface area contributed by atoms with Crippen molar-refractivity contribution >= 4 is 10.9 Å². The van der Waals surface area contributed by atoms with Gasteiger partial charge in [0.15, 0.2) is 5.75 Å². The van der Waals surface area contributed by atoms with Gasteiger partial charge in [-0.3, -0.25) is 14.7 Å². The number of aryl methyl sites for hydroxylation is 2. The fourth-order valence-electron chi connectivity index (χ4n) is 2.90. The molecular formula is C16H21N3O2. The largest absolute Gasteiger partial charge is 0.488 e. The lowest BCUT2D eigenvalue weighted by Crippen LogP contribution is -2.25. The molecule has 0 spiro atoms. The van der Waals surface area contributed by atoms with Crippen LogP contribution < -0.4 is 10.3 Å². The summed E-state index contributed by atoms with van der Waals surface area (Å²) in [5, 5.41) is 0.930. The van der Waals surface area contributed by atoms with Crippen molar-refractivity contribution in [3.63, 3.8) is 0 Å². The summed E-state index contributed by atoms with van der Waals surface area (Å²) in [4.78, 5) is 18.6. The fraction of sp³-hybridized carbons (Fsp3) is 0.500. The second kappa shape index (κ2) is 5.85. The minimum Gasteiger partial charge on any atom is -0.488 e. The summed E-state index contributed by atoms with van der Waals surface area (Å²) in [5.74, 6) is 0.729. The second-order valence-electron chi connectivity index (χ2n) is 5.60. The van der Waals surface area contributed by atoms with Crippen molar-refractivity contribution in [2.75, 3.05) is 26.2 Å². The number of rotatable bonds is 4. The van der Waals surface area contributed by atoms with E-state index in [1.807, 2.05) is 6.92 Å². The zero-order chi connectivity index (χ0) is 14.8. The van der Waals surface area contributed by atoms with Crippen LogP contribution in [0.2, 0.25) is 0 Å². The molecule has 0 aromatic carbocycles. The molecule has 3 rings (SSSR count). The first kappa shape index (κ1) is 14.1. The van der Waals surface area contributed by atoms with Crippen LogP contribution in [-0.2, 0) is 7.05 Å². The number of likely N-dealkylation sites (tertiary alicyclic amines) is 1. The Morgan fingerprint density at radius 3 is 2.81 bits per heavy atom. The maximum absolute atomic E-state index is 11.9. The van der Waals surface area contributed by atoms with Gasteiger partial charge in [-0.2, -0.15) is 0 Å². The fourth-order valence-corrected chi connectivity index (χ4v) is 2.90. The SMILES string of the molecule is Cc1ncc2ccc(=O)n(C)c2c1OCCN1CCCC1. The monoisotopic (exact) mass is 287 g/mol. The van der Waals surface area contributed by atoms with Gasteiger partial charge in [-0.1, -0.05) is 0 Å². The van der Waals surface area contributed by atoms with Crippen molar-refractivity contribution in [2.45, 2.75) is 19.8 Å². The molecule has 0 unspecified atom stereocenters. The van der Waals surface area contributed by atoms with Crippen LogP contribution in [0.5, 0.6) is 5.75 Å². The highest BCUT2D eigenvalue weighted by Gasteiger charge is 2.14. The molecule has 0 amide bonds. The Bertz CT molecular complexity index is 702. The van der Waals surface area contributed by atoms with Crippen molar-refractivity contribution in [3.8, 4) is 5.75 Å². The minimum absolute atomic E-state index is 0.0301. The van der Waals surface area contributed by atoms with Crippen molar-refractivity contribution in [1.29, 1.82) is 0 Å². The van der Waals surface area contributed by atoms with Crippen LogP contribution in [-0.4, -0.2) is 40.7 Å². The van der Waals surface area contributed by atoms with E-state index in [9.17, 15) is 4.79 Å². The molecule has 1 fully saturated rings. The second-order valence-corrected chi connectivity index (χ2v) is 5.60. The quantitative estimate of drug-likeness (QED) is 0.859. The van der Waals surface area contributed by atoms with Crippen molar-refractivity contribution < 1.29 is 4.74 Å². The average molecular weight is 287 g/mol. The molecule has 2 aromatic heterocycles. The van der Waals surface area contributed by atoms with Crippen LogP contribution in [0, 0.1) is 6.92 Å². The summed E-state index contributed by atoms with van der Waals surface area (Å²) in [5.41, 5.74) is 1.62. The standard InChI is InChI=1S/C16H21N3O2/c1-12-16(21-10-9-19-7-3-4-8-19)15-13(11-17-12)5-6-14(20)18(15)2/h5-6,11H,3-4,7-10H2,1-2H3. The Kier molecular flexibility index (Phi) is 3.92. The summed E-state index contributed by atoms with van der Waals surface area (Å²) < 4.78 is 7.62. The van der Waals surface area contributed by atoms with E-state index in [2.05, 4.69) is 9.88 Å². The lowest BCUT2D eigenvalue weighted by atomic mass is 10.2. The maximum Gasteiger partial charge on any atom is 0.250 e. The average Bonchev–Trinajstić information content (AvgIpc) is 2.98. The molecule has 0 radical (unpaired) electrons. The normalized spacial score (nSPS) is 15.7. The molecule has 112 valence electrons. The molecule has 21 heavy (non-hydrogen) atoms. The van der Waals surface area contributed by atoms with Crippen LogP contribution in [0.4, 0.5) is 0 Å². The van der Waals surface area contributed by atoms with Gasteiger partial charge >= 0.3 is 0 Å². The van der Waals surface area contributed by atoms with Crippen molar-refractivity contribution in [2.24, 2.45) is 7.05 Å². The third kappa shape index (κ3) is 2.78. The highest BCUT2D eigenvalue weighted by Crippen LogP contribution is 2.26. The van der Waals surface area contributed by atoms with E-state index >= 15 is 0 Å². The molecule has 1 saturated heterocycles. The van der Waals surface area contributed by atoms with E-state index < -0.39 is 0 Å². The minimum atomic E-state index is -0.0301. The van der Waals surface area contributed by atoms with Gasteiger partial charge in [0.25, 0.3) is 5.56 Å². The van der Waals surface area contributed by atoms with Crippen molar-refractivity contribution in [1.82, 2.24) is 14.5 Å². The molecule has 0 saturated carbocycles. The lowest BCUT2D eigenvalue weighted by Gasteiger charge is -2.17. The van der Waals surface area contributed by atoms with Gasteiger partial charge in [-0.15, -0.1) is 0 Å². The lowest BCUT2D eigenvalue weighted by molar-refractivity contribution is 0.237. The number of pyridine rings is 2. The Morgan fingerprint density at radius 1 is 1.29 bits per heavy atom. The van der Waals surface area contributed by atoms with Crippen LogP contribution >= 0.6 is 0 Å². The first-order chi connectivity index (χ1) is 10.2. The molecule has 0 atom stereocenters. The molecule has 2 aromatic rings. The zero-order valence-electron chi connectivity index (χ0n) is 12.6. The molecule has 0 aliphatic carbocycles. The van der Waals surface area contributed by atoms with E-state index in [-0.39, 0.29) is 5.56 Å². The molecule has 1 aliphatic rings. The zero-order valence-corrected chi connectivity index (χ0v) is 12.6. The number of hydrogen-bond acceptors (Lipinski definition) is 4. The predicted octanol–water partition coefficient (Wildman–Crippen LogP) is 1.72. The van der Waals surface area contributed by atoms with Crippen LogP contribution in [0.25, 0.3) is 10.9 Å². The summed E-state index contributed by atoms with van der Waals surface area (Å²) in [6.45, 7) is 5.80. The summed E-state index contributed by atoms with van der Waals surface area (Å²) in [6.07, 6.45) is 4.35. The van der Waals surface area contributed by atoms with Gasteiger partial charge in [0, 0.05) is 31.2 Å². The van der Waals surface area contributed by atoms with Crippen LogP contribution in [0.15, 0.2) is 23.1 Å². The van der Waals surface area contributed by atoms with Gasteiger partial charge in [-0.05, 0) is 38.9 Å². The van der Waals surface area contributed by atoms with Gasteiger partial charge in [0.2, 0.25) is 0 Å². The molecule has 0 bridgehead atoms. The molecule has 3 heterocycles. The summed E-state index contributed by atoms with van der Waals surface area (Å²) in [6, 6.07) is 3.37. The Labute approximate surface area is 124 Å². The first-order valence-corrected chi connectivity index (χ1v) is 7.47. The van der Waals surface area contributed by atoms with E-state index in [0.717, 1.165) is 42.0 Å². The van der Waals surface area contributed by atoms with Crippen LogP contribution in [0.1, 0.15) is 18.5 Å². The van der Waals surface area contributed by atoms with Gasteiger partial charge < -0.3 is 9.30 Å². The molecule has 1 aliphatic heterocycles. The van der Waals surface area contributed by atoms with E-state index in [4.69, 9.17) is 4.74 Å². The van der Waals surface area contributed by atoms with Gasteiger partial charge in [0.1, 0.15) is 6.61 Å². The number of hydrogen-bond donors (Lipinski definition) is 0. The third-order valence-electron chi connectivity index (χ3n) is 4.14. The molecule has 5 heteroatoms. The third-order valence-corrected chi connectivity index (χ3v) is 4.14. The highest BCUT2D eigenvalue weighted by atomic mass is 16.5. The van der Waals surface area contributed by atoms with E-state index in [1.165, 1.54) is 12.8 Å². The van der Waals surface area contributed by atoms with E-state index in [0.29, 0.717) is 6.61 Å². The summed E-state index contributed by atoms with van der Waals surface area (Å²) in [7, 11) is 1.78. The first-order valence-electron chi connectivity index (χ1n) is 7.47. The predicted molar refractivity (Wildman–Crippen MR) is 82.9 cm³/mol. The Morgan fingerprint density at radius 2 is 2.05 bits per heavy atom. The topological polar surface area (TPSA) is 47.4 Å². The maximum atomic E-state index is 11.9. The number of ether oxygens (including phenoxy) is 1. The number of nitrogens with zero attached hydrogens (tertiary/aromatic N) is 3. The van der Waals surface area contributed by atoms with Gasteiger partial charge in [-0.25, -0.2) is 0 Å². The Balaban J connectivity index is 1.87. The number of fused-ring (bicyclic) bond motifs is 1. The molecule has 0 N–H and O–H groups in total. The molecule has 5 nitrogen and oxygen atoms in total. The molecular weight excluding hydrogens is 266 g/mol. The number of aromatic nitrogens is 2. The Hall–Kier alpha value is -1.88. The summed E-state index contributed by atoms with van der Waals surface area (Å²) >= 11 is 0. The smallest absolute Gasteiger partial charge is 0.250 e. The highest BCUT2D eigenvalue weighted by molar-refractivity contribution is 5.84. The van der Waals surface area contributed by atoms with E-state index in [1.54, 1.807) is 29.9 Å². The van der Waals surface area contributed by atoms with Crippen LogP contribution in [0.3, 0.4) is 0 Å². The van der Waals surface area contributed by atoms with Crippen molar-refractivity contribution in [3.05, 3.63) is 34.4 Å². The van der Waals surface area contributed by atoms with Gasteiger partial charge in [0.05, 0.1) is 11.2 Å².